The van der Waals surface area contributed by atoms with Gasteiger partial charge in [-0.1, -0.05) is 56.5 Å². The fraction of sp³-hybridized carbons (Fsp3) is 0.524. The molecule has 168 valence electrons. The van der Waals surface area contributed by atoms with E-state index in [4.69, 9.17) is 23.2 Å². The zero-order valence-electron chi connectivity index (χ0n) is 17.5. The molecule has 1 aromatic carbocycles. The Morgan fingerprint density at radius 2 is 1.93 bits per heavy atom. The average molecular weight is 466 g/mol. The Kier molecular flexibility index (Phi) is 10.7. The predicted octanol–water partition coefficient (Wildman–Crippen LogP) is 6.25. The molecule has 0 saturated carbocycles. The number of hydrogen-bond donors (Lipinski definition) is 2. The van der Waals surface area contributed by atoms with Gasteiger partial charge in [0.05, 0.1) is 15.6 Å². The van der Waals surface area contributed by atoms with E-state index in [2.05, 4.69) is 22.5 Å². The SMILES string of the molecule is CC/C(=C\NC(=NC)C(F)(F)F)C(CNC(=O)c1cccc(Cl)c1Cl)CC(C)CC. The van der Waals surface area contributed by atoms with Gasteiger partial charge in [0.1, 0.15) is 0 Å². The second-order valence-electron chi connectivity index (χ2n) is 7.04. The number of carbonyl (C=O) groups is 1. The first-order valence-electron chi connectivity index (χ1n) is 9.76. The van der Waals surface area contributed by atoms with E-state index in [1.54, 1.807) is 18.2 Å². The van der Waals surface area contributed by atoms with Gasteiger partial charge in [0.25, 0.3) is 5.91 Å². The molecule has 2 atom stereocenters. The maximum absolute atomic E-state index is 12.9. The lowest BCUT2D eigenvalue weighted by atomic mass is 9.87. The van der Waals surface area contributed by atoms with Gasteiger partial charge in [-0.3, -0.25) is 9.79 Å². The molecule has 0 aliphatic heterocycles. The minimum Gasteiger partial charge on any atom is -0.351 e. The van der Waals surface area contributed by atoms with Gasteiger partial charge < -0.3 is 10.6 Å². The highest BCUT2D eigenvalue weighted by Crippen LogP contribution is 2.27. The van der Waals surface area contributed by atoms with Crippen LogP contribution < -0.4 is 10.6 Å². The highest BCUT2D eigenvalue weighted by atomic mass is 35.5. The number of rotatable bonds is 9. The summed E-state index contributed by atoms with van der Waals surface area (Å²) in [6.07, 6.45) is -1.06. The van der Waals surface area contributed by atoms with Crippen molar-refractivity contribution in [1.82, 2.24) is 10.6 Å². The van der Waals surface area contributed by atoms with Crippen LogP contribution in [0.25, 0.3) is 0 Å². The Morgan fingerprint density at radius 1 is 1.27 bits per heavy atom. The average Bonchev–Trinajstić information content (AvgIpc) is 2.69. The van der Waals surface area contributed by atoms with E-state index in [9.17, 15) is 18.0 Å². The Balaban J connectivity index is 3.02. The summed E-state index contributed by atoms with van der Waals surface area (Å²) in [5, 5.41) is 5.56. The summed E-state index contributed by atoms with van der Waals surface area (Å²) < 4.78 is 38.8. The van der Waals surface area contributed by atoms with Crippen LogP contribution in [0.2, 0.25) is 10.0 Å². The van der Waals surface area contributed by atoms with Crippen molar-refractivity contribution in [2.75, 3.05) is 13.6 Å². The maximum Gasteiger partial charge on any atom is 0.449 e. The lowest BCUT2D eigenvalue weighted by Gasteiger charge is -2.24. The van der Waals surface area contributed by atoms with E-state index >= 15 is 0 Å². The Bertz CT molecular complexity index is 779. The van der Waals surface area contributed by atoms with Crippen LogP contribution in [-0.2, 0) is 0 Å². The number of nitrogens with zero attached hydrogens (tertiary/aromatic N) is 1. The maximum atomic E-state index is 12.9. The molecule has 0 spiro atoms. The first kappa shape index (κ1) is 26.3. The first-order chi connectivity index (χ1) is 14.0. The summed E-state index contributed by atoms with van der Waals surface area (Å²) in [6.45, 7) is 6.24. The summed E-state index contributed by atoms with van der Waals surface area (Å²) in [5.41, 5.74) is 1.02. The molecule has 0 saturated heterocycles. The number of alkyl halides is 3. The van der Waals surface area contributed by atoms with E-state index in [1.807, 2.05) is 13.8 Å². The number of aliphatic imine (C=N–C) groups is 1. The van der Waals surface area contributed by atoms with Crippen molar-refractivity contribution in [1.29, 1.82) is 0 Å². The lowest BCUT2D eigenvalue weighted by Crippen LogP contribution is -2.35. The Morgan fingerprint density at radius 3 is 2.47 bits per heavy atom. The summed E-state index contributed by atoms with van der Waals surface area (Å²) in [5.74, 6) is -1.26. The van der Waals surface area contributed by atoms with Gasteiger partial charge in [-0.25, -0.2) is 0 Å². The highest BCUT2D eigenvalue weighted by Gasteiger charge is 2.35. The van der Waals surface area contributed by atoms with Crippen molar-refractivity contribution in [3.05, 3.63) is 45.6 Å². The van der Waals surface area contributed by atoms with Gasteiger partial charge in [0.15, 0.2) is 0 Å². The van der Waals surface area contributed by atoms with Gasteiger partial charge in [0.2, 0.25) is 5.84 Å². The molecule has 0 aliphatic rings. The summed E-state index contributed by atoms with van der Waals surface area (Å²) in [6, 6.07) is 4.78. The third kappa shape index (κ3) is 7.84. The van der Waals surface area contributed by atoms with Gasteiger partial charge in [-0.2, -0.15) is 13.2 Å². The molecule has 0 bridgehead atoms. The molecule has 0 radical (unpaired) electrons. The van der Waals surface area contributed by atoms with Crippen LogP contribution in [0.1, 0.15) is 50.4 Å². The summed E-state index contributed by atoms with van der Waals surface area (Å²) >= 11 is 12.1. The van der Waals surface area contributed by atoms with E-state index < -0.39 is 12.0 Å². The van der Waals surface area contributed by atoms with E-state index in [0.717, 1.165) is 19.0 Å². The molecule has 1 rings (SSSR count). The van der Waals surface area contributed by atoms with Gasteiger partial charge >= 0.3 is 6.18 Å². The smallest absolute Gasteiger partial charge is 0.351 e. The Hall–Kier alpha value is -1.73. The summed E-state index contributed by atoms with van der Waals surface area (Å²) in [7, 11) is 1.08. The standard InChI is InChI=1S/C21H28Cl2F3N3O/c1-5-13(3)10-15(14(6-2)11-29-20(27-4)21(24,25)26)12-28-19(30)16-8-7-9-17(22)18(16)23/h7-9,11,13,15H,5-6,10,12H2,1-4H3,(H,27,29)(H,28,30)/b14-11+. The largest absolute Gasteiger partial charge is 0.449 e. The van der Waals surface area contributed by atoms with Crippen LogP contribution in [0.15, 0.2) is 35.0 Å². The van der Waals surface area contributed by atoms with Gasteiger partial charge in [0, 0.05) is 19.8 Å². The van der Waals surface area contributed by atoms with E-state index in [-0.39, 0.29) is 34.0 Å². The molecule has 2 unspecified atom stereocenters. The third-order valence-electron chi connectivity index (χ3n) is 4.91. The van der Waals surface area contributed by atoms with Crippen LogP contribution >= 0.6 is 23.2 Å². The predicted molar refractivity (Wildman–Crippen MR) is 117 cm³/mol. The number of nitrogens with one attached hydrogen (secondary N) is 2. The zero-order chi connectivity index (χ0) is 22.9. The first-order valence-corrected chi connectivity index (χ1v) is 10.5. The van der Waals surface area contributed by atoms with E-state index in [1.165, 1.54) is 6.20 Å². The monoisotopic (exact) mass is 465 g/mol. The number of amidine groups is 1. The molecule has 2 N–H and O–H groups in total. The quantitative estimate of drug-likeness (QED) is 0.334. The van der Waals surface area contributed by atoms with Crippen LogP contribution in [0.3, 0.4) is 0 Å². The normalized spacial score (nSPS) is 15.0. The molecular formula is C21H28Cl2F3N3O. The molecule has 1 amide bonds. The van der Waals surface area contributed by atoms with Crippen LogP contribution in [0, 0.1) is 11.8 Å². The highest BCUT2D eigenvalue weighted by molar-refractivity contribution is 6.43. The van der Waals surface area contributed by atoms with Crippen molar-refractivity contribution in [3.63, 3.8) is 0 Å². The molecule has 0 aromatic heterocycles. The molecule has 1 aromatic rings. The number of amides is 1. The van der Waals surface area contributed by atoms with Crippen LogP contribution in [0.5, 0.6) is 0 Å². The third-order valence-corrected chi connectivity index (χ3v) is 5.73. The minimum absolute atomic E-state index is 0.148. The zero-order valence-corrected chi connectivity index (χ0v) is 19.0. The van der Waals surface area contributed by atoms with E-state index in [0.29, 0.717) is 18.8 Å². The molecule has 0 aliphatic carbocycles. The van der Waals surface area contributed by atoms with Crippen molar-refractivity contribution < 1.29 is 18.0 Å². The minimum atomic E-state index is -4.56. The number of hydrogen-bond acceptors (Lipinski definition) is 2. The van der Waals surface area contributed by atoms with Crippen molar-refractivity contribution >= 4 is 34.9 Å². The topological polar surface area (TPSA) is 53.5 Å². The number of halogens is 5. The second-order valence-corrected chi connectivity index (χ2v) is 7.83. The van der Waals surface area contributed by atoms with Crippen LogP contribution in [-0.4, -0.2) is 31.5 Å². The van der Waals surface area contributed by atoms with Crippen molar-refractivity contribution in [2.45, 2.75) is 46.2 Å². The number of benzene rings is 1. The van der Waals surface area contributed by atoms with Crippen molar-refractivity contribution in [3.8, 4) is 0 Å². The molecule has 4 nitrogen and oxygen atoms in total. The second kappa shape index (κ2) is 12.2. The van der Waals surface area contributed by atoms with Crippen molar-refractivity contribution in [2.24, 2.45) is 16.8 Å². The fourth-order valence-corrected chi connectivity index (χ4v) is 3.34. The molecule has 30 heavy (non-hydrogen) atoms. The fourth-order valence-electron chi connectivity index (χ4n) is 2.95. The Labute approximate surface area is 185 Å². The molecule has 0 fully saturated rings. The summed E-state index contributed by atoms with van der Waals surface area (Å²) in [4.78, 5) is 15.8. The molecule has 9 heteroatoms. The van der Waals surface area contributed by atoms with Gasteiger partial charge in [-0.05, 0) is 42.4 Å². The lowest BCUT2D eigenvalue weighted by molar-refractivity contribution is -0.0612. The number of carbonyl (C=O) groups excluding carboxylic acids is 1. The van der Waals surface area contributed by atoms with Gasteiger partial charge in [-0.15, -0.1) is 0 Å². The molecular weight excluding hydrogens is 438 g/mol. The van der Waals surface area contributed by atoms with Crippen LogP contribution in [0.4, 0.5) is 13.2 Å². The molecule has 0 heterocycles.